The summed E-state index contributed by atoms with van der Waals surface area (Å²) in [4.78, 5) is 4.14. The fourth-order valence-corrected chi connectivity index (χ4v) is 2.45. The lowest BCUT2D eigenvalue weighted by atomic mass is 10.1. The summed E-state index contributed by atoms with van der Waals surface area (Å²) in [6.07, 6.45) is 1.49. The molecule has 0 fully saturated rings. The molecule has 0 saturated carbocycles. The Morgan fingerprint density at radius 3 is 2.61 bits per heavy atom. The maximum atomic E-state index is 8.75. The summed E-state index contributed by atoms with van der Waals surface area (Å²) in [5.74, 6) is 0.721. The van der Waals surface area contributed by atoms with Crippen LogP contribution < -0.4 is 10.5 Å². The number of methoxy groups -OCH3 is 1. The van der Waals surface area contributed by atoms with Gasteiger partial charge in [-0.25, -0.2) is 0 Å². The molecule has 0 radical (unpaired) electrons. The van der Waals surface area contributed by atoms with Crippen LogP contribution in [-0.4, -0.2) is 12.1 Å². The molecule has 3 aromatic rings. The van der Waals surface area contributed by atoms with Gasteiger partial charge in [-0.2, -0.15) is 5.26 Å². The lowest BCUT2D eigenvalue weighted by molar-refractivity contribution is 0.415. The van der Waals surface area contributed by atoms with E-state index in [1.807, 2.05) is 42.5 Å². The zero-order chi connectivity index (χ0) is 16.8. The first-order valence-corrected chi connectivity index (χ1v) is 7.76. The molecule has 0 aliphatic heterocycles. The maximum Gasteiger partial charge on any atom is 0.137 e. The number of benzene rings is 2. The van der Waals surface area contributed by atoms with Gasteiger partial charge < -0.3 is 10.5 Å². The van der Waals surface area contributed by atoms with Crippen LogP contribution in [-0.2, 0) is 0 Å². The Bertz CT molecular complexity index is 877. The number of rotatable bonds is 1. The topological polar surface area (TPSA) is 71.9 Å². The Balaban J connectivity index is 0.000000185. The molecule has 0 aliphatic carbocycles. The van der Waals surface area contributed by atoms with Gasteiger partial charge in [-0.05, 0) is 30.3 Å². The number of halogens is 2. The molecule has 4 nitrogen and oxygen atoms in total. The van der Waals surface area contributed by atoms with Gasteiger partial charge in [-0.3, -0.25) is 4.98 Å². The Kier molecular flexibility index (Phi) is 5.80. The SMILES string of the molecule is COc1ccccc1Cl.N#Cc1cnc2cc(Br)ccc2c1N. The third-order valence-electron chi connectivity index (χ3n) is 3.05. The van der Waals surface area contributed by atoms with E-state index in [1.54, 1.807) is 13.2 Å². The first-order valence-electron chi connectivity index (χ1n) is 6.59. The number of para-hydroxylation sites is 1. The number of hydrogen-bond acceptors (Lipinski definition) is 4. The third kappa shape index (κ3) is 4.13. The minimum atomic E-state index is 0.417. The van der Waals surface area contributed by atoms with Crippen LogP contribution in [0.2, 0.25) is 5.02 Å². The summed E-state index contributed by atoms with van der Waals surface area (Å²) in [5, 5.41) is 10.2. The van der Waals surface area contributed by atoms with Gasteiger partial charge >= 0.3 is 0 Å². The molecule has 116 valence electrons. The van der Waals surface area contributed by atoms with E-state index >= 15 is 0 Å². The van der Waals surface area contributed by atoms with Crippen molar-refractivity contribution < 1.29 is 4.74 Å². The second kappa shape index (κ2) is 7.82. The molecule has 23 heavy (non-hydrogen) atoms. The van der Waals surface area contributed by atoms with Crippen molar-refractivity contribution in [2.75, 3.05) is 12.8 Å². The van der Waals surface area contributed by atoms with E-state index in [0.29, 0.717) is 16.3 Å². The van der Waals surface area contributed by atoms with Crippen LogP contribution in [0.5, 0.6) is 5.75 Å². The minimum Gasteiger partial charge on any atom is -0.495 e. The minimum absolute atomic E-state index is 0.417. The molecule has 0 amide bonds. The molecule has 6 heteroatoms. The van der Waals surface area contributed by atoms with E-state index in [1.165, 1.54) is 6.20 Å². The van der Waals surface area contributed by atoms with Gasteiger partial charge in [0.2, 0.25) is 0 Å². The monoisotopic (exact) mass is 389 g/mol. The average Bonchev–Trinajstić information content (AvgIpc) is 2.56. The molecule has 2 N–H and O–H groups in total. The van der Waals surface area contributed by atoms with Crippen LogP contribution in [0.3, 0.4) is 0 Å². The zero-order valence-corrected chi connectivity index (χ0v) is 14.6. The van der Waals surface area contributed by atoms with Crippen molar-refractivity contribution in [1.82, 2.24) is 4.98 Å². The van der Waals surface area contributed by atoms with Crippen molar-refractivity contribution in [2.24, 2.45) is 0 Å². The van der Waals surface area contributed by atoms with Gasteiger partial charge in [0.05, 0.1) is 28.9 Å². The van der Waals surface area contributed by atoms with Crippen molar-refractivity contribution in [3.05, 3.63) is 63.7 Å². The van der Waals surface area contributed by atoms with Crippen LogP contribution in [0.15, 0.2) is 53.1 Å². The third-order valence-corrected chi connectivity index (χ3v) is 3.86. The van der Waals surface area contributed by atoms with Crippen LogP contribution in [0.4, 0.5) is 5.69 Å². The standard InChI is InChI=1S/C10H6BrN3.C7H7ClO/c11-7-1-2-8-9(3-7)14-5-6(4-12)10(8)13;1-9-7-5-3-2-4-6(7)8/h1-3,5H,(H2,13,14);2-5H,1H3. The van der Waals surface area contributed by atoms with Gasteiger partial charge in [0, 0.05) is 16.1 Å². The molecule has 0 bridgehead atoms. The number of fused-ring (bicyclic) bond motifs is 1. The Labute approximate surface area is 147 Å². The number of nitriles is 1. The normalized spacial score (nSPS) is 9.65. The van der Waals surface area contributed by atoms with E-state index < -0.39 is 0 Å². The van der Waals surface area contributed by atoms with Gasteiger partial charge in [-0.1, -0.05) is 39.7 Å². The summed E-state index contributed by atoms with van der Waals surface area (Å²) in [5.41, 5.74) is 7.50. The first kappa shape index (κ1) is 17.1. The number of nitrogens with two attached hydrogens (primary N) is 1. The van der Waals surface area contributed by atoms with Crippen molar-refractivity contribution in [2.45, 2.75) is 0 Å². The number of aromatic nitrogens is 1. The molecule has 1 aromatic heterocycles. The molecular weight excluding hydrogens is 378 g/mol. The number of hydrogen-bond donors (Lipinski definition) is 1. The van der Waals surface area contributed by atoms with Crippen LogP contribution >= 0.6 is 27.5 Å². The molecule has 0 unspecified atom stereocenters. The van der Waals surface area contributed by atoms with Gasteiger partial charge in [0.15, 0.2) is 0 Å². The fourth-order valence-electron chi connectivity index (χ4n) is 1.89. The van der Waals surface area contributed by atoms with Gasteiger partial charge in [0.25, 0.3) is 0 Å². The second-order valence-electron chi connectivity index (χ2n) is 4.49. The van der Waals surface area contributed by atoms with Gasteiger partial charge in [-0.15, -0.1) is 0 Å². The highest BCUT2D eigenvalue weighted by molar-refractivity contribution is 9.10. The maximum absolute atomic E-state index is 8.75. The number of anilines is 1. The van der Waals surface area contributed by atoms with Crippen molar-refractivity contribution in [3.8, 4) is 11.8 Å². The molecule has 0 saturated heterocycles. The summed E-state index contributed by atoms with van der Waals surface area (Å²) >= 11 is 9.05. The highest BCUT2D eigenvalue weighted by Gasteiger charge is 2.04. The van der Waals surface area contributed by atoms with Crippen LogP contribution in [0, 0.1) is 11.3 Å². The Hall–Kier alpha value is -2.29. The second-order valence-corrected chi connectivity index (χ2v) is 5.82. The molecular formula is C17H13BrClN3O. The van der Waals surface area contributed by atoms with E-state index in [-0.39, 0.29) is 0 Å². The van der Waals surface area contributed by atoms with E-state index in [2.05, 4.69) is 20.9 Å². The van der Waals surface area contributed by atoms with Crippen LogP contribution in [0.25, 0.3) is 10.9 Å². The summed E-state index contributed by atoms with van der Waals surface area (Å²) in [7, 11) is 1.60. The Morgan fingerprint density at radius 1 is 1.26 bits per heavy atom. The smallest absolute Gasteiger partial charge is 0.137 e. The molecule has 1 heterocycles. The predicted molar refractivity (Wildman–Crippen MR) is 96.6 cm³/mol. The molecule has 3 rings (SSSR count). The Morgan fingerprint density at radius 2 is 2.00 bits per heavy atom. The summed E-state index contributed by atoms with van der Waals surface area (Å²) in [6.45, 7) is 0. The molecule has 2 aromatic carbocycles. The molecule has 0 spiro atoms. The van der Waals surface area contributed by atoms with Gasteiger partial charge in [0.1, 0.15) is 11.8 Å². The van der Waals surface area contributed by atoms with Crippen molar-refractivity contribution in [1.29, 1.82) is 5.26 Å². The number of pyridine rings is 1. The predicted octanol–water partition coefficient (Wildman–Crippen LogP) is 4.80. The highest BCUT2D eigenvalue weighted by Crippen LogP contribution is 2.25. The lowest BCUT2D eigenvalue weighted by Gasteiger charge is -2.02. The number of nitrogen functional groups attached to an aromatic ring is 1. The van der Waals surface area contributed by atoms with E-state index in [0.717, 1.165) is 21.1 Å². The fraction of sp³-hybridized carbons (Fsp3) is 0.0588. The summed E-state index contributed by atoms with van der Waals surface area (Å²) < 4.78 is 5.86. The average molecular weight is 391 g/mol. The quantitative estimate of drug-likeness (QED) is 0.648. The molecule has 0 atom stereocenters. The van der Waals surface area contributed by atoms with E-state index in [9.17, 15) is 0 Å². The number of ether oxygens (including phenoxy) is 1. The highest BCUT2D eigenvalue weighted by atomic mass is 79.9. The number of nitrogens with zero attached hydrogens (tertiary/aromatic N) is 2. The summed E-state index contributed by atoms with van der Waals surface area (Å²) in [6, 6.07) is 15.0. The molecule has 0 aliphatic rings. The first-order chi connectivity index (χ1) is 11.1. The van der Waals surface area contributed by atoms with E-state index in [4.69, 9.17) is 27.3 Å². The van der Waals surface area contributed by atoms with Crippen molar-refractivity contribution >= 4 is 44.1 Å². The van der Waals surface area contributed by atoms with Crippen molar-refractivity contribution in [3.63, 3.8) is 0 Å². The lowest BCUT2D eigenvalue weighted by Crippen LogP contribution is -1.93. The zero-order valence-electron chi connectivity index (χ0n) is 12.3. The van der Waals surface area contributed by atoms with Crippen LogP contribution in [0.1, 0.15) is 5.56 Å². The largest absolute Gasteiger partial charge is 0.495 e.